The molecule has 34 heavy (non-hydrogen) atoms. The molecule has 4 aromatic rings. The lowest BCUT2D eigenvalue weighted by molar-refractivity contribution is -0.136. The van der Waals surface area contributed by atoms with Crippen LogP contribution in [0.15, 0.2) is 72.8 Å². The Morgan fingerprint density at radius 1 is 0.706 bits per heavy atom. The molecule has 0 bridgehead atoms. The largest absolute Gasteiger partial charge is 0.417 e. The van der Waals surface area contributed by atoms with Gasteiger partial charge in [0.15, 0.2) is 0 Å². The zero-order chi connectivity index (χ0) is 25.3. The fourth-order valence-corrected chi connectivity index (χ4v) is 4.08. The molecule has 0 radical (unpaired) electrons. The number of alkyl halides is 3. The SMILES string of the molecule is CC.CC.CNc1cccc2cccc(C3CC3)c12.Cc1cccc2cccc(C(F)(F)F)c12. The second kappa shape index (κ2) is 12.5. The van der Waals surface area contributed by atoms with E-state index < -0.39 is 11.7 Å². The lowest BCUT2D eigenvalue weighted by Crippen LogP contribution is -2.06. The molecule has 182 valence electrons. The van der Waals surface area contributed by atoms with Crippen LogP contribution in [0.3, 0.4) is 0 Å². The minimum Gasteiger partial charge on any atom is -0.388 e. The summed E-state index contributed by atoms with van der Waals surface area (Å²) in [5.74, 6) is 0.809. The monoisotopic (exact) mass is 467 g/mol. The van der Waals surface area contributed by atoms with Gasteiger partial charge in [0, 0.05) is 18.1 Å². The standard InChI is InChI=1S/C14H15N.C12H9F3.2C2H6/c1-15-13-7-3-5-11-4-2-6-12(14(11)13)10-8-9-10;1-8-4-2-5-9-6-3-7-10(11(8)9)12(13,14)15;2*1-2/h2-7,10,15H,8-9H2,1H3;2-7H,1H3;2*1-2H3. The zero-order valence-electron chi connectivity index (χ0n) is 21.1. The van der Waals surface area contributed by atoms with Gasteiger partial charge in [0.05, 0.1) is 5.56 Å². The predicted molar refractivity (Wildman–Crippen MR) is 142 cm³/mol. The van der Waals surface area contributed by atoms with Crippen molar-refractivity contribution >= 4 is 27.2 Å². The number of anilines is 1. The van der Waals surface area contributed by atoms with Gasteiger partial charge in [0.2, 0.25) is 0 Å². The maximum Gasteiger partial charge on any atom is 0.417 e. The van der Waals surface area contributed by atoms with Crippen LogP contribution < -0.4 is 5.32 Å². The van der Waals surface area contributed by atoms with E-state index in [1.54, 1.807) is 31.2 Å². The van der Waals surface area contributed by atoms with Gasteiger partial charge in [-0.3, -0.25) is 0 Å². The second-order valence-corrected chi connectivity index (χ2v) is 7.75. The van der Waals surface area contributed by atoms with Gasteiger partial charge in [0.1, 0.15) is 0 Å². The Hall–Kier alpha value is -3.01. The summed E-state index contributed by atoms with van der Waals surface area (Å²) in [6, 6.07) is 22.5. The number of fused-ring (bicyclic) bond motifs is 2. The van der Waals surface area contributed by atoms with Crippen LogP contribution in [0.5, 0.6) is 0 Å². The summed E-state index contributed by atoms with van der Waals surface area (Å²) in [4.78, 5) is 0. The van der Waals surface area contributed by atoms with Crippen molar-refractivity contribution in [2.75, 3.05) is 12.4 Å². The molecular weight excluding hydrogens is 431 g/mol. The highest BCUT2D eigenvalue weighted by molar-refractivity contribution is 5.97. The van der Waals surface area contributed by atoms with Crippen molar-refractivity contribution in [2.24, 2.45) is 0 Å². The van der Waals surface area contributed by atoms with Crippen LogP contribution in [0.4, 0.5) is 18.9 Å². The zero-order valence-corrected chi connectivity index (χ0v) is 21.1. The molecule has 0 unspecified atom stereocenters. The van der Waals surface area contributed by atoms with Crippen LogP contribution >= 0.6 is 0 Å². The maximum absolute atomic E-state index is 12.7. The summed E-state index contributed by atoms with van der Waals surface area (Å²) in [5.41, 5.74) is 2.88. The molecule has 0 amide bonds. The molecule has 4 heteroatoms. The van der Waals surface area contributed by atoms with Crippen LogP contribution in [0.1, 0.15) is 63.1 Å². The van der Waals surface area contributed by atoms with Gasteiger partial charge in [-0.15, -0.1) is 0 Å². The van der Waals surface area contributed by atoms with E-state index in [-0.39, 0.29) is 0 Å². The first-order valence-electron chi connectivity index (χ1n) is 12.1. The van der Waals surface area contributed by atoms with Gasteiger partial charge in [-0.2, -0.15) is 13.2 Å². The van der Waals surface area contributed by atoms with E-state index in [1.807, 2.05) is 34.7 Å². The van der Waals surface area contributed by atoms with E-state index in [4.69, 9.17) is 0 Å². The van der Waals surface area contributed by atoms with Crippen molar-refractivity contribution in [3.8, 4) is 0 Å². The minimum atomic E-state index is -4.29. The number of rotatable bonds is 2. The van der Waals surface area contributed by atoms with Crippen LogP contribution in [0.25, 0.3) is 21.5 Å². The summed E-state index contributed by atoms with van der Waals surface area (Å²) in [6.45, 7) is 9.69. The minimum absolute atomic E-state index is 0.299. The molecule has 0 aliphatic heterocycles. The Morgan fingerprint density at radius 2 is 1.21 bits per heavy atom. The summed E-state index contributed by atoms with van der Waals surface area (Å²) in [7, 11) is 2.00. The fraction of sp³-hybridized carbons (Fsp3) is 0.333. The second-order valence-electron chi connectivity index (χ2n) is 7.75. The summed E-state index contributed by atoms with van der Waals surface area (Å²) in [6.07, 6.45) is -1.57. The van der Waals surface area contributed by atoms with Gasteiger partial charge < -0.3 is 5.32 Å². The molecule has 0 aromatic heterocycles. The van der Waals surface area contributed by atoms with Crippen molar-refractivity contribution in [1.82, 2.24) is 0 Å². The molecule has 1 nitrogen and oxygen atoms in total. The average Bonchev–Trinajstić information content (AvgIpc) is 3.71. The third-order valence-electron chi connectivity index (χ3n) is 5.64. The van der Waals surface area contributed by atoms with E-state index in [1.165, 1.54) is 40.9 Å². The van der Waals surface area contributed by atoms with Crippen molar-refractivity contribution < 1.29 is 13.2 Å². The molecule has 0 spiro atoms. The quantitative estimate of drug-likeness (QED) is 0.309. The normalized spacial score (nSPS) is 12.5. The van der Waals surface area contributed by atoms with Crippen molar-refractivity contribution in [2.45, 2.75) is 59.6 Å². The molecule has 1 fully saturated rings. The lowest BCUT2D eigenvalue weighted by Gasteiger charge is -2.11. The Labute approximate surface area is 202 Å². The smallest absolute Gasteiger partial charge is 0.388 e. The molecule has 1 saturated carbocycles. The molecule has 4 aromatic carbocycles. The number of hydrogen-bond donors (Lipinski definition) is 1. The summed E-state index contributed by atoms with van der Waals surface area (Å²) >= 11 is 0. The highest BCUT2D eigenvalue weighted by atomic mass is 19.4. The van der Waals surface area contributed by atoms with Gasteiger partial charge in [-0.25, -0.2) is 0 Å². The van der Waals surface area contributed by atoms with Gasteiger partial charge in [-0.05, 0) is 65.1 Å². The Kier molecular flexibility index (Phi) is 9.97. The lowest BCUT2D eigenvalue weighted by atomic mass is 9.99. The van der Waals surface area contributed by atoms with E-state index >= 15 is 0 Å². The molecule has 0 heterocycles. The molecule has 5 rings (SSSR count). The van der Waals surface area contributed by atoms with Crippen molar-refractivity contribution in [1.29, 1.82) is 0 Å². The predicted octanol–water partition coefficient (Wildman–Crippen LogP) is 9.98. The number of aryl methyl sites for hydroxylation is 1. The molecule has 1 aliphatic carbocycles. The third kappa shape index (κ3) is 6.31. The number of halogens is 3. The average molecular weight is 468 g/mol. The maximum atomic E-state index is 12.7. The topological polar surface area (TPSA) is 12.0 Å². The van der Waals surface area contributed by atoms with E-state index in [2.05, 4.69) is 41.7 Å². The fourth-order valence-electron chi connectivity index (χ4n) is 4.08. The Balaban J connectivity index is 0.000000210. The number of hydrogen-bond acceptors (Lipinski definition) is 1. The van der Waals surface area contributed by atoms with Gasteiger partial charge >= 0.3 is 6.18 Å². The van der Waals surface area contributed by atoms with Gasteiger partial charge in [0.25, 0.3) is 0 Å². The van der Waals surface area contributed by atoms with E-state index in [0.29, 0.717) is 16.3 Å². The molecule has 0 atom stereocenters. The van der Waals surface area contributed by atoms with E-state index in [0.717, 1.165) is 12.0 Å². The van der Waals surface area contributed by atoms with Crippen LogP contribution in [-0.2, 0) is 6.18 Å². The molecular formula is C30H36F3N. The highest BCUT2D eigenvalue weighted by Gasteiger charge is 2.32. The first-order valence-corrected chi connectivity index (χ1v) is 12.1. The summed E-state index contributed by atoms with van der Waals surface area (Å²) in [5, 5.41) is 7.00. The first kappa shape index (κ1) is 27.2. The van der Waals surface area contributed by atoms with Crippen molar-refractivity contribution in [3.05, 3.63) is 89.5 Å². The van der Waals surface area contributed by atoms with Gasteiger partial charge in [-0.1, -0.05) is 88.4 Å². The van der Waals surface area contributed by atoms with Crippen molar-refractivity contribution in [3.63, 3.8) is 0 Å². The molecule has 1 N–H and O–H groups in total. The Morgan fingerprint density at radius 3 is 1.74 bits per heavy atom. The van der Waals surface area contributed by atoms with Crippen LogP contribution in [0, 0.1) is 6.92 Å². The molecule has 1 aliphatic rings. The number of nitrogens with one attached hydrogen (secondary N) is 1. The molecule has 0 saturated heterocycles. The summed E-state index contributed by atoms with van der Waals surface area (Å²) < 4.78 is 38.1. The third-order valence-corrected chi connectivity index (χ3v) is 5.64. The van der Waals surface area contributed by atoms with Crippen LogP contribution in [-0.4, -0.2) is 7.05 Å². The highest BCUT2D eigenvalue weighted by Crippen LogP contribution is 2.44. The van der Waals surface area contributed by atoms with E-state index in [9.17, 15) is 13.2 Å². The Bertz CT molecular complexity index is 1160. The van der Waals surface area contributed by atoms with Crippen LogP contribution in [0.2, 0.25) is 0 Å². The first-order chi connectivity index (χ1) is 16.4. The number of benzene rings is 4.